The van der Waals surface area contributed by atoms with Crippen molar-refractivity contribution >= 4 is 29.2 Å². The van der Waals surface area contributed by atoms with Crippen molar-refractivity contribution in [3.8, 4) is 22.8 Å². The molecule has 6 N–H and O–H groups in total. The van der Waals surface area contributed by atoms with Crippen molar-refractivity contribution in [1.29, 1.82) is 5.41 Å². The van der Waals surface area contributed by atoms with Gasteiger partial charge in [-0.2, -0.15) is 0 Å². The van der Waals surface area contributed by atoms with E-state index in [9.17, 15) is 4.39 Å². The lowest BCUT2D eigenvalue weighted by atomic mass is 10.0. The topological polar surface area (TPSA) is 119 Å². The summed E-state index contributed by atoms with van der Waals surface area (Å²) in [4.78, 5) is 4.83. The van der Waals surface area contributed by atoms with E-state index in [0.29, 0.717) is 39.0 Å². The third kappa shape index (κ3) is 4.52. The van der Waals surface area contributed by atoms with E-state index in [1.54, 1.807) is 36.5 Å². The van der Waals surface area contributed by atoms with Crippen LogP contribution in [0.5, 0.6) is 11.5 Å². The molecule has 150 valence electrons. The maximum atomic E-state index is 13.9. The molecule has 0 atom stereocenters. The number of nitrogen functional groups attached to an aromatic ring is 2. The van der Waals surface area contributed by atoms with Gasteiger partial charge in [-0.05, 0) is 54.4 Å². The summed E-state index contributed by atoms with van der Waals surface area (Å²) in [6.45, 7) is 0. The highest BCUT2D eigenvalue weighted by Crippen LogP contribution is 2.32. The predicted molar refractivity (Wildman–Crippen MR) is 114 cm³/mol. The second-order valence-corrected chi connectivity index (χ2v) is 6.84. The van der Waals surface area contributed by atoms with Crippen molar-refractivity contribution in [3.63, 3.8) is 0 Å². The van der Waals surface area contributed by atoms with Crippen molar-refractivity contribution in [3.05, 3.63) is 60.0 Å². The molecule has 7 nitrogen and oxygen atoms in total. The van der Waals surface area contributed by atoms with Crippen molar-refractivity contribution in [2.45, 2.75) is 4.90 Å². The average Bonchev–Trinajstić information content (AvgIpc) is 2.72. The summed E-state index contributed by atoms with van der Waals surface area (Å²) in [7, 11) is 3.02. The number of aromatic nitrogens is 1. The van der Waals surface area contributed by atoms with Gasteiger partial charge in [0.25, 0.3) is 0 Å². The second-order valence-electron chi connectivity index (χ2n) is 5.99. The summed E-state index contributed by atoms with van der Waals surface area (Å²) in [6, 6.07) is 11.6. The molecular formula is C20H20FN5O2S. The van der Waals surface area contributed by atoms with E-state index in [1.165, 1.54) is 20.3 Å². The number of methoxy groups -OCH3 is 2. The third-order valence-corrected chi connectivity index (χ3v) is 4.97. The van der Waals surface area contributed by atoms with E-state index in [4.69, 9.17) is 26.4 Å². The van der Waals surface area contributed by atoms with Crippen molar-refractivity contribution in [1.82, 2.24) is 4.98 Å². The number of hydrogen-bond donors (Lipinski definition) is 4. The van der Waals surface area contributed by atoms with Gasteiger partial charge < -0.3 is 25.7 Å². The van der Waals surface area contributed by atoms with Crippen LogP contribution in [-0.4, -0.2) is 25.0 Å². The standard InChI is InChI=1S/C20H20FN5O2S/c1-27-13-4-5-14(21)18(9-13)29-26-12-3-6-16(25-10-12)11-7-15(22)19(20(23)24)17(8-11)28-2/h3-10,26H,22H2,1-2H3,(H3,23,24). The fourth-order valence-corrected chi connectivity index (χ4v) is 3.35. The molecule has 2 aromatic carbocycles. The number of anilines is 2. The molecule has 0 aliphatic carbocycles. The van der Waals surface area contributed by atoms with Gasteiger partial charge in [0.1, 0.15) is 23.2 Å². The van der Waals surface area contributed by atoms with Crippen LogP contribution in [0.4, 0.5) is 15.8 Å². The third-order valence-electron chi connectivity index (χ3n) is 4.10. The SMILES string of the molecule is COc1ccc(F)c(SNc2ccc(-c3cc(N)c(C(=N)N)c(OC)c3)nc2)c1. The van der Waals surface area contributed by atoms with Crippen LogP contribution in [0.2, 0.25) is 0 Å². The van der Waals surface area contributed by atoms with Gasteiger partial charge in [0, 0.05) is 11.3 Å². The molecule has 0 unspecified atom stereocenters. The zero-order chi connectivity index (χ0) is 21.0. The Kier molecular flexibility index (Phi) is 6.08. The number of pyridine rings is 1. The lowest BCUT2D eigenvalue weighted by molar-refractivity contribution is 0.411. The molecule has 1 aromatic heterocycles. The fourth-order valence-electron chi connectivity index (χ4n) is 2.66. The van der Waals surface area contributed by atoms with Crippen LogP contribution in [0, 0.1) is 11.2 Å². The average molecular weight is 413 g/mol. The van der Waals surface area contributed by atoms with Gasteiger partial charge in [0.2, 0.25) is 0 Å². The van der Waals surface area contributed by atoms with Gasteiger partial charge >= 0.3 is 0 Å². The summed E-state index contributed by atoms with van der Waals surface area (Å²) in [5.74, 6) is 0.464. The molecule has 0 amide bonds. The summed E-state index contributed by atoms with van der Waals surface area (Å²) in [5, 5.41) is 7.64. The van der Waals surface area contributed by atoms with E-state index in [1.807, 2.05) is 6.07 Å². The summed E-state index contributed by atoms with van der Waals surface area (Å²) in [5.41, 5.74) is 14.4. The van der Waals surface area contributed by atoms with Crippen LogP contribution in [0.3, 0.4) is 0 Å². The molecule has 9 heteroatoms. The summed E-state index contributed by atoms with van der Waals surface area (Å²) in [6.07, 6.45) is 1.63. The van der Waals surface area contributed by atoms with E-state index in [0.717, 1.165) is 17.5 Å². The highest BCUT2D eigenvalue weighted by molar-refractivity contribution is 8.00. The van der Waals surface area contributed by atoms with Crippen molar-refractivity contribution in [2.24, 2.45) is 5.73 Å². The monoisotopic (exact) mass is 413 g/mol. The van der Waals surface area contributed by atoms with Gasteiger partial charge in [0.15, 0.2) is 0 Å². The Balaban J connectivity index is 1.79. The Morgan fingerprint density at radius 1 is 1.14 bits per heavy atom. The lowest BCUT2D eigenvalue weighted by Gasteiger charge is -2.13. The number of ether oxygens (including phenoxy) is 2. The summed E-state index contributed by atoms with van der Waals surface area (Å²) >= 11 is 1.12. The van der Waals surface area contributed by atoms with Crippen LogP contribution in [0.1, 0.15) is 5.56 Å². The van der Waals surface area contributed by atoms with Gasteiger partial charge in [-0.3, -0.25) is 10.4 Å². The summed E-state index contributed by atoms with van der Waals surface area (Å²) < 4.78 is 27.4. The van der Waals surface area contributed by atoms with Gasteiger partial charge in [0.05, 0.1) is 42.3 Å². The minimum atomic E-state index is -0.346. The first kappa shape index (κ1) is 20.3. The Hall–Kier alpha value is -3.46. The van der Waals surface area contributed by atoms with Crippen LogP contribution in [-0.2, 0) is 0 Å². The Morgan fingerprint density at radius 3 is 2.55 bits per heavy atom. The molecule has 3 aromatic rings. The first-order chi connectivity index (χ1) is 13.9. The minimum absolute atomic E-state index is 0.166. The molecule has 0 aliphatic rings. The largest absolute Gasteiger partial charge is 0.497 e. The molecule has 29 heavy (non-hydrogen) atoms. The molecule has 0 aliphatic heterocycles. The maximum Gasteiger partial charge on any atom is 0.138 e. The molecule has 1 heterocycles. The van der Waals surface area contributed by atoms with E-state index >= 15 is 0 Å². The van der Waals surface area contributed by atoms with E-state index < -0.39 is 0 Å². The molecule has 0 fully saturated rings. The second kappa shape index (κ2) is 8.70. The fraction of sp³-hybridized carbons (Fsp3) is 0.100. The zero-order valence-electron chi connectivity index (χ0n) is 15.8. The predicted octanol–water partition coefficient (Wildman–Crippen LogP) is 3.89. The number of halogens is 1. The van der Waals surface area contributed by atoms with Crippen molar-refractivity contribution in [2.75, 3.05) is 24.7 Å². The van der Waals surface area contributed by atoms with Crippen LogP contribution >= 0.6 is 11.9 Å². The van der Waals surface area contributed by atoms with Gasteiger partial charge in [-0.25, -0.2) is 4.39 Å². The lowest BCUT2D eigenvalue weighted by Crippen LogP contribution is -2.15. The van der Waals surface area contributed by atoms with Crippen molar-refractivity contribution < 1.29 is 13.9 Å². The Bertz CT molecular complexity index is 1040. The first-order valence-electron chi connectivity index (χ1n) is 8.47. The number of amidine groups is 1. The number of benzene rings is 2. The highest BCUT2D eigenvalue weighted by Gasteiger charge is 2.14. The Morgan fingerprint density at radius 2 is 1.93 bits per heavy atom. The number of rotatable bonds is 7. The molecule has 0 saturated carbocycles. The number of nitrogens with two attached hydrogens (primary N) is 2. The molecule has 3 rings (SSSR count). The Labute approximate surface area is 171 Å². The molecule has 0 bridgehead atoms. The van der Waals surface area contributed by atoms with Crippen LogP contribution in [0.15, 0.2) is 53.6 Å². The zero-order valence-corrected chi connectivity index (χ0v) is 16.6. The number of hydrogen-bond acceptors (Lipinski definition) is 7. The quantitative estimate of drug-likeness (QED) is 0.201. The highest BCUT2D eigenvalue weighted by atomic mass is 32.2. The molecule has 0 spiro atoms. The maximum absolute atomic E-state index is 13.9. The normalized spacial score (nSPS) is 10.4. The van der Waals surface area contributed by atoms with Crippen LogP contribution < -0.4 is 25.7 Å². The first-order valence-corrected chi connectivity index (χ1v) is 9.29. The molecule has 0 saturated heterocycles. The number of nitrogens with one attached hydrogen (secondary N) is 2. The smallest absolute Gasteiger partial charge is 0.138 e. The van der Waals surface area contributed by atoms with E-state index in [-0.39, 0.29) is 11.7 Å². The van der Waals surface area contributed by atoms with Gasteiger partial charge in [-0.15, -0.1) is 0 Å². The van der Waals surface area contributed by atoms with Gasteiger partial charge in [-0.1, -0.05) is 0 Å². The molecular weight excluding hydrogens is 393 g/mol. The minimum Gasteiger partial charge on any atom is -0.497 e. The van der Waals surface area contributed by atoms with Crippen LogP contribution in [0.25, 0.3) is 11.3 Å². The number of nitrogens with zero attached hydrogens (tertiary/aromatic N) is 1. The molecule has 0 radical (unpaired) electrons. The van der Waals surface area contributed by atoms with E-state index in [2.05, 4.69) is 9.71 Å².